The van der Waals surface area contributed by atoms with Gasteiger partial charge in [0, 0.05) is 18.8 Å². The fourth-order valence-electron chi connectivity index (χ4n) is 3.98. The second-order valence-corrected chi connectivity index (χ2v) is 6.81. The number of pyridine rings is 1. The van der Waals surface area contributed by atoms with Gasteiger partial charge in [-0.15, -0.1) is 0 Å². The van der Waals surface area contributed by atoms with Crippen molar-refractivity contribution in [1.82, 2.24) is 20.4 Å². The number of aromatic nitrogens is 2. The molecule has 23 heavy (non-hydrogen) atoms. The lowest BCUT2D eigenvalue weighted by Crippen LogP contribution is -2.33. The number of rotatable bonds is 1. The van der Waals surface area contributed by atoms with Gasteiger partial charge in [-0.1, -0.05) is 5.16 Å². The molecule has 122 valence electrons. The van der Waals surface area contributed by atoms with E-state index in [-0.39, 0.29) is 5.91 Å². The van der Waals surface area contributed by atoms with Gasteiger partial charge in [-0.3, -0.25) is 4.79 Å². The highest BCUT2D eigenvalue weighted by molar-refractivity contribution is 6.06. The molecule has 2 atom stereocenters. The average Bonchev–Trinajstić information content (AvgIpc) is 3.08. The normalized spacial score (nSPS) is 24.7. The van der Waals surface area contributed by atoms with Gasteiger partial charge in [0.2, 0.25) is 0 Å². The van der Waals surface area contributed by atoms with E-state index in [2.05, 4.69) is 15.5 Å². The van der Waals surface area contributed by atoms with Crippen molar-refractivity contribution >= 4 is 17.0 Å². The van der Waals surface area contributed by atoms with Crippen LogP contribution in [0.4, 0.5) is 0 Å². The van der Waals surface area contributed by atoms with Gasteiger partial charge < -0.3 is 14.7 Å². The first-order valence-electron chi connectivity index (χ1n) is 8.37. The molecule has 6 nitrogen and oxygen atoms in total. The number of nitrogens with one attached hydrogen (secondary N) is 1. The molecule has 0 aromatic carbocycles. The smallest absolute Gasteiger partial charge is 0.258 e. The largest absolute Gasteiger partial charge is 0.339 e. The van der Waals surface area contributed by atoms with E-state index >= 15 is 0 Å². The number of hydrogen-bond acceptors (Lipinski definition) is 5. The lowest BCUT2D eigenvalue weighted by molar-refractivity contribution is 0.0760. The number of amides is 1. The predicted octanol–water partition coefficient (Wildman–Crippen LogP) is 1.91. The fraction of sp³-hybridized carbons (Fsp3) is 0.588. The monoisotopic (exact) mass is 314 g/mol. The summed E-state index contributed by atoms with van der Waals surface area (Å²) in [7, 11) is 0. The molecule has 2 aromatic rings. The minimum Gasteiger partial charge on any atom is -0.339 e. The van der Waals surface area contributed by atoms with Gasteiger partial charge in [0.1, 0.15) is 0 Å². The second kappa shape index (κ2) is 5.60. The molecule has 1 N–H and O–H groups in total. The molecule has 6 heteroatoms. The lowest BCUT2D eigenvalue weighted by atomic mass is 9.92. The van der Waals surface area contributed by atoms with E-state index in [1.807, 2.05) is 24.8 Å². The fourth-order valence-corrected chi connectivity index (χ4v) is 3.98. The molecule has 4 rings (SSSR count). The van der Waals surface area contributed by atoms with Crippen LogP contribution in [-0.2, 0) is 0 Å². The third-order valence-electron chi connectivity index (χ3n) is 5.28. The summed E-state index contributed by atoms with van der Waals surface area (Å²) in [6.45, 7) is 7.58. The van der Waals surface area contributed by atoms with Crippen LogP contribution in [0.3, 0.4) is 0 Å². The average molecular weight is 314 g/mol. The standard InChI is InChI=1S/C17H22N4O2/c1-10-7-14(15-11(2)20-23-16(15)19-10)17(22)21-5-3-12-8-18-9-13(12)4-6-21/h7,12-13,18H,3-6,8-9H2,1-2H3/t12-,13+. The van der Waals surface area contributed by atoms with E-state index in [9.17, 15) is 4.79 Å². The number of carbonyl (C=O) groups excluding carboxylic acids is 1. The van der Waals surface area contributed by atoms with Gasteiger partial charge in [-0.05, 0) is 57.7 Å². The van der Waals surface area contributed by atoms with Crippen molar-refractivity contribution in [1.29, 1.82) is 0 Å². The van der Waals surface area contributed by atoms with Crippen LogP contribution >= 0.6 is 0 Å². The number of likely N-dealkylation sites (tertiary alicyclic amines) is 1. The molecule has 0 saturated carbocycles. The van der Waals surface area contributed by atoms with Crippen molar-refractivity contribution in [2.75, 3.05) is 26.2 Å². The third kappa shape index (κ3) is 2.51. The summed E-state index contributed by atoms with van der Waals surface area (Å²) in [5.41, 5.74) is 2.65. The molecule has 0 radical (unpaired) electrons. The highest BCUT2D eigenvalue weighted by Gasteiger charge is 2.32. The predicted molar refractivity (Wildman–Crippen MR) is 86.3 cm³/mol. The molecule has 2 aliphatic rings. The summed E-state index contributed by atoms with van der Waals surface area (Å²) < 4.78 is 5.25. The molecule has 0 spiro atoms. The maximum atomic E-state index is 13.1. The Labute approximate surface area is 135 Å². The van der Waals surface area contributed by atoms with E-state index in [4.69, 9.17) is 4.52 Å². The van der Waals surface area contributed by atoms with Gasteiger partial charge in [0.05, 0.1) is 16.6 Å². The maximum Gasteiger partial charge on any atom is 0.258 e. The summed E-state index contributed by atoms with van der Waals surface area (Å²) in [5.74, 6) is 1.51. The number of nitrogens with zero attached hydrogens (tertiary/aromatic N) is 3. The van der Waals surface area contributed by atoms with Crippen LogP contribution in [0.15, 0.2) is 10.6 Å². The van der Waals surface area contributed by atoms with Gasteiger partial charge in [-0.25, -0.2) is 4.98 Å². The molecule has 0 bridgehead atoms. The zero-order valence-electron chi connectivity index (χ0n) is 13.6. The Morgan fingerprint density at radius 1 is 1.26 bits per heavy atom. The van der Waals surface area contributed by atoms with Crippen LogP contribution < -0.4 is 5.32 Å². The van der Waals surface area contributed by atoms with Crippen LogP contribution in [-0.4, -0.2) is 47.1 Å². The van der Waals surface area contributed by atoms with Gasteiger partial charge in [0.15, 0.2) is 0 Å². The van der Waals surface area contributed by atoms with Crippen molar-refractivity contribution in [3.8, 4) is 0 Å². The molecule has 0 unspecified atom stereocenters. The van der Waals surface area contributed by atoms with Crippen LogP contribution in [0.25, 0.3) is 11.1 Å². The van der Waals surface area contributed by atoms with Gasteiger partial charge >= 0.3 is 0 Å². The molecule has 2 aromatic heterocycles. The Hall–Kier alpha value is -1.95. The van der Waals surface area contributed by atoms with Gasteiger partial charge in [-0.2, -0.15) is 0 Å². The van der Waals surface area contributed by atoms with E-state index in [0.29, 0.717) is 23.1 Å². The van der Waals surface area contributed by atoms with Crippen molar-refractivity contribution in [2.24, 2.45) is 11.8 Å². The summed E-state index contributed by atoms with van der Waals surface area (Å²) in [5, 5.41) is 8.20. The quantitative estimate of drug-likeness (QED) is 0.870. The first-order valence-corrected chi connectivity index (χ1v) is 8.37. The van der Waals surface area contributed by atoms with E-state index in [1.165, 1.54) is 0 Å². The Morgan fingerprint density at radius 2 is 1.96 bits per heavy atom. The minimum absolute atomic E-state index is 0.0831. The van der Waals surface area contributed by atoms with Crippen LogP contribution in [0.5, 0.6) is 0 Å². The van der Waals surface area contributed by atoms with E-state index in [1.54, 1.807) is 0 Å². The molecule has 1 amide bonds. The Morgan fingerprint density at radius 3 is 2.65 bits per heavy atom. The summed E-state index contributed by atoms with van der Waals surface area (Å²) in [4.78, 5) is 19.4. The molecule has 2 fully saturated rings. The summed E-state index contributed by atoms with van der Waals surface area (Å²) >= 11 is 0. The topological polar surface area (TPSA) is 71.3 Å². The Bertz CT molecular complexity index is 740. The SMILES string of the molecule is Cc1cc(C(=O)N2CC[C@@H]3CNC[C@@H]3CC2)c2c(C)noc2n1. The number of hydrogen-bond donors (Lipinski definition) is 1. The summed E-state index contributed by atoms with van der Waals surface area (Å²) in [6, 6.07) is 1.86. The molecular formula is C17H22N4O2. The molecule has 0 aliphatic carbocycles. The first-order chi connectivity index (χ1) is 11.1. The van der Waals surface area contributed by atoms with Crippen LogP contribution in [0, 0.1) is 25.7 Å². The van der Waals surface area contributed by atoms with E-state index in [0.717, 1.165) is 55.8 Å². The Balaban J connectivity index is 1.65. The third-order valence-corrected chi connectivity index (χ3v) is 5.28. The van der Waals surface area contributed by atoms with Crippen molar-refractivity contribution in [3.05, 3.63) is 23.0 Å². The minimum atomic E-state index is 0.0831. The zero-order chi connectivity index (χ0) is 16.0. The molecule has 2 saturated heterocycles. The second-order valence-electron chi connectivity index (χ2n) is 6.81. The maximum absolute atomic E-state index is 13.1. The first kappa shape index (κ1) is 14.6. The van der Waals surface area contributed by atoms with Crippen molar-refractivity contribution in [3.63, 3.8) is 0 Å². The number of carbonyl (C=O) groups is 1. The number of aryl methyl sites for hydroxylation is 2. The van der Waals surface area contributed by atoms with Crippen molar-refractivity contribution < 1.29 is 9.32 Å². The summed E-state index contributed by atoms with van der Waals surface area (Å²) in [6.07, 6.45) is 2.17. The molecule has 4 heterocycles. The van der Waals surface area contributed by atoms with Crippen LogP contribution in [0.2, 0.25) is 0 Å². The van der Waals surface area contributed by atoms with E-state index < -0.39 is 0 Å². The lowest BCUT2D eigenvalue weighted by Gasteiger charge is -2.21. The zero-order valence-corrected chi connectivity index (χ0v) is 13.6. The molecule has 2 aliphatic heterocycles. The van der Waals surface area contributed by atoms with Crippen molar-refractivity contribution in [2.45, 2.75) is 26.7 Å². The Kier molecular flexibility index (Phi) is 3.56. The number of fused-ring (bicyclic) bond motifs is 2. The highest BCUT2D eigenvalue weighted by Crippen LogP contribution is 2.29. The highest BCUT2D eigenvalue weighted by atomic mass is 16.5. The van der Waals surface area contributed by atoms with Gasteiger partial charge in [0.25, 0.3) is 11.6 Å². The molecular weight excluding hydrogens is 292 g/mol. The van der Waals surface area contributed by atoms with Crippen LogP contribution in [0.1, 0.15) is 34.6 Å².